The Bertz CT molecular complexity index is 865. The molecular weight excluding hydrogens is 476 g/mol. The summed E-state index contributed by atoms with van der Waals surface area (Å²) in [5.74, 6) is 6.09. The first-order chi connectivity index (χ1) is 17.4. The van der Waals surface area contributed by atoms with Crippen molar-refractivity contribution >= 4 is 11.9 Å². The van der Waals surface area contributed by atoms with Crippen molar-refractivity contribution in [1.82, 2.24) is 0 Å². The normalized spacial score (nSPS) is 25.1. The van der Waals surface area contributed by atoms with Gasteiger partial charge in [-0.1, -0.05) is 58.3 Å². The Kier molecular flexibility index (Phi) is 12.3. The third-order valence-electron chi connectivity index (χ3n) is 6.95. The van der Waals surface area contributed by atoms with Crippen LogP contribution >= 0.6 is 0 Å². The van der Waals surface area contributed by atoms with Gasteiger partial charge in [-0.25, -0.2) is 4.79 Å². The van der Waals surface area contributed by atoms with E-state index in [0.717, 1.165) is 25.7 Å². The first-order valence-corrected chi connectivity index (χ1v) is 13.2. The monoisotopic (exact) mass is 520 g/mol. The van der Waals surface area contributed by atoms with Crippen LogP contribution < -0.4 is 0 Å². The average Bonchev–Trinajstić information content (AvgIpc) is 2.88. The SMILES string of the molecule is C=C(C)C(=O)OCC(O)COC1C=CC(C(C)(C)C2C#CC(OCC(O)COC(=O)C(C)C)CC2)CC1. The largest absolute Gasteiger partial charge is 0.463 e. The lowest BCUT2D eigenvalue weighted by atomic mass is 9.64. The predicted molar refractivity (Wildman–Crippen MR) is 139 cm³/mol. The predicted octanol–water partition coefficient (Wildman–Crippen LogP) is 3.20. The highest BCUT2D eigenvalue weighted by Gasteiger charge is 2.38. The second-order valence-corrected chi connectivity index (χ2v) is 11.0. The molecule has 0 fully saturated rings. The van der Waals surface area contributed by atoms with E-state index in [-0.39, 0.29) is 61.9 Å². The van der Waals surface area contributed by atoms with Crippen LogP contribution in [0.1, 0.15) is 60.3 Å². The number of ether oxygens (including phenoxy) is 4. The fourth-order valence-corrected chi connectivity index (χ4v) is 4.35. The molecule has 208 valence electrons. The Morgan fingerprint density at radius 2 is 1.59 bits per heavy atom. The van der Waals surface area contributed by atoms with Crippen molar-refractivity contribution < 1.29 is 38.7 Å². The Labute approximate surface area is 221 Å². The Hall–Kier alpha value is -2.18. The van der Waals surface area contributed by atoms with Crippen molar-refractivity contribution in [2.45, 2.75) is 84.7 Å². The molecule has 2 aliphatic carbocycles. The van der Waals surface area contributed by atoms with Crippen LogP contribution in [0.5, 0.6) is 0 Å². The lowest BCUT2D eigenvalue weighted by Crippen LogP contribution is -2.36. The number of carbonyl (C=O) groups excluding carboxylic acids is 2. The molecule has 0 aromatic heterocycles. The number of rotatable bonds is 14. The van der Waals surface area contributed by atoms with Gasteiger partial charge in [0.2, 0.25) is 0 Å². The number of aliphatic hydroxyl groups is 2. The van der Waals surface area contributed by atoms with Gasteiger partial charge in [0.1, 0.15) is 31.5 Å². The minimum atomic E-state index is -0.880. The van der Waals surface area contributed by atoms with E-state index >= 15 is 0 Å². The number of aliphatic hydroxyl groups excluding tert-OH is 2. The van der Waals surface area contributed by atoms with Gasteiger partial charge < -0.3 is 29.2 Å². The summed E-state index contributed by atoms with van der Waals surface area (Å²) in [6, 6.07) is 0. The molecule has 2 N–H and O–H groups in total. The molecule has 6 unspecified atom stereocenters. The van der Waals surface area contributed by atoms with Gasteiger partial charge in [0.15, 0.2) is 0 Å². The molecule has 0 radical (unpaired) electrons. The first-order valence-electron chi connectivity index (χ1n) is 13.2. The van der Waals surface area contributed by atoms with E-state index in [1.54, 1.807) is 20.8 Å². The molecule has 0 bridgehead atoms. The summed E-state index contributed by atoms with van der Waals surface area (Å²) in [6.07, 6.45) is 5.67. The molecule has 6 atom stereocenters. The molecule has 0 heterocycles. The Morgan fingerprint density at radius 1 is 0.946 bits per heavy atom. The number of hydrogen-bond acceptors (Lipinski definition) is 8. The molecule has 2 rings (SSSR count). The van der Waals surface area contributed by atoms with Gasteiger partial charge in [-0.05, 0) is 43.9 Å². The minimum Gasteiger partial charge on any atom is -0.463 e. The third kappa shape index (κ3) is 10.2. The molecule has 37 heavy (non-hydrogen) atoms. The fraction of sp³-hybridized carbons (Fsp3) is 0.724. The molecule has 8 nitrogen and oxygen atoms in total. The van der Waals surface area contributed by atoms with Crippen molar-refractivity contribution in [2.75, 3.05) is 26.4 Å². The van der Waals surface area contributed by atoms with Gasteiger partial charge in [-0.15, -0.1) is 0 Å². The summed E-state index contributed by atoms with van der Waals surface area (Å²) < 4.78 is 21.6. The summed E-state index contributed by atoms with van der Waals surface area (Å²) in [7, 11) is 0. The highest BCUT2D eigenvalue weighted by atomic mass is 16.6. The van der Waals surface area contributed by atoms with E-state index in [1.165, 1.54) is 0 Å². The van der Waals surface area contributed by atoms with Crippen LogP contribution in [-0.2, 0) is 28.5 Å². The molecular formula is C29H44O8. The van der Waals surface area contributed by atoms with Crippen LogP contribution in [0.25, 0.3) is 0 Å². The van der Waals surface area contributed by atoms with Crippen molar-refractivity contribution in [1.29, 1.82) is 0 Å². The molecule has 0 aromatic carbocycles. The Morgan fingerprint density at radius 3 is 2.14 bits per heavy atom. The van der Waals surface area contributed by atoms with Crippen molar-refractivity contribution in [3.8, 4) is 11.8 Å². The lowest BCUT2D eigenvalue weighted by Gasteiger charge is -2.41. The maximum Gasteiger partial charge on any atom is 0.333 e. The highest BCUT2D eigenvalue weighted by Crippen LogP contribution is 2.43. The molecule has 0 saturated heterocycles. The minimum absolute atomic E-state index is 0.0275. The number of esters is 2. The van der Waals surface area contributed by atoms with Crippen LogP contribution in [0.3, 0.4) is 0 Å². The van der Waals surface area contributed by atoms with Crippen molar-refractivity contribution in [3.63, 3.8) is 0 Å². The number of hydrogen-bond donors (Lipinski definition) is 2. The Balaban J connectivity index is 1.76. The van der Waals surface area contributed by atoms with Crippen LogP contribution in [0, 0.1) is 35.0 Å². The van der Waals surface area contributed by atoms with Crippen LogP contribution in [0.4, 0.5) is 0 Å². The van der Waals surface area contributed by atoms with Gasteiger partial charge in [-0.2, -0.15) is 0 Å². The zero-order valence-electron chi connectivity index (χ0n) is 22.9. The molecule has 8 heteroatoms. The number of carbonyl (C=O) groups is 2. The standard InChI is InChI=1S/C29H44O8/c1-19(2)27(32)36-17-23(30)15-34-25-11-7-21(8-12-25)29(5,6)22-9-13-26(14-10-22)35-16-24(31)18-37-28(33)20(3)4/h7,11,20-26,30-31H,1,8-9,12-13,15-18H2,2-6H3. The molecule has 0 aromatic rings. The smallest absolute Gasteiger partial charge is 0.333 e. The van der Waals surface area contributed by atoms with Gasteiger partial charge in [-0.3, -0.25) is 4.79 Å². The summed E-state index contributed by atoms with van der Waals surface area (Å²) in [5.41, 5.74) is 0.267. The van der Waals surface area contributed by atoms with E-state index in [0.29, 0.717) is 11.5 Å². The van der Waals surface area contributed by atoms with E-state index in [9.17, 15) is 19.8 Å². The second kappa shape index (κ2) is 14.7. The molecule has 2 aliphatic rings. The maximum absolute atomic E-state index is 11.5. The van der Waals surface area contributed by atoms with Crippen molar-refractivity contribution in [2.24, 2.45) is 23.2 Å². The summed E-state index contributed by atoms with van der Waals surface area (Å²) >= 11 is 0. The van der Waals surface area contributed by atoms with Crippen molar-refractivity contribution in [3.05, 3.63) is 24.3 Å². The molecule has 0 amide bonds. The summed E-state index contributed by atoms with van der Waals surface area (Å²) in [6.45, 7) is 13.0. The van der Waals surface area contributed by atoms with Gasteiger partial charge in [0, 0.05) is 11.5 Å². The quantitative estimate of drug-likeness (QED) is 0.155. The van der Waals surface area contributed by atoms with E-state index in [4.69, 9.17) is 18.9 Å². The van der Waals surface area contributed by atoms with E-state index < -0.39 is 18.2 Å². The number of allylic oxidation sites excluding steroid dienone is 1. The zero-order valence-corrected chi connectivity index (χ0v) is 22.9. The van der Waals surface area contributed by atoms with Gasteiger partial charge in [0.05, 0.1) is 25.2 Å². The first kappa shape index (κ1) is 31.0. The van der Waals surface area contributed by atoms with Gasteiger partial charge >= 0.3 is 11.9 Å². The summed E-state index contributed by atoms with van der Waals surface area (Å²) in [4.78, 5) is 22.9. The highest BCUT2D eigenvalue weighted by molar-refractivity contribution is 5.86. The molecule has 0 saturated carbocycles. The van der Waals surface area contributed by atoms with Crippen LogP contribution in [0.15, 0.2) is 24.3 Å². The topological polar surface area (TPSA) is 112 Å². The van der Waals surface area contributed by atoms with Crippen LogP contribution in [-0.4, -0.2) is 73.0 Å². The fourth-order valence-electron chi connectivity index (χ4n) is 4.35. The van der Waals surface area contributed by atoms with E-state index in [1.807, 2.05) is 0 Å². The third-order valence-corrected chi connectivity index (χ3v) is 6.95. The maximum atomic E-state index is 11.5. The molecule has 0 aliphatic heterocycles. The second-order valence-electron chi connectivity index (χ2n) is 11.0. The van der Waals surface area contributed by atoms with E-state index in [2.05, 4.69) is 44.4 Å². The lowest BCUT2D eigenvalue weighted by molar-refractivity contribution is -0.151. The van der Waals surface area contributed by atoms with Gasteiger partial charge in [0.25, 0.3) is 0 Å². The average molecular weight is 521 g/mol. The zero-order chi connectivity index (χ0) is 27.6. The molecule has 0 spiro atoms. The summed E-state index contributed by atoms with van der Waals surface area (Å²) in [5, 5.41) is 20.0. The van der Waals surface area contributed by atoms with Crippen LogP contribution in [0.2, 0.25) is 0 Å².